The van der Waals surface area contributed by atoms with Crippen molar-refractivity contribution in [2.75, 3.05) is 56.9 Å². The van der Waals surface area contributed by atoms with E-state index in [9.17, 15) is 59.4 Å². The Morgan fingerprint density at radius 3 is 1.14 bits per heavy atom. The molecule has 1 aliphatic rings. The van der Waals surface area contributed by atoms with Gasteiger partial charge in [0.25, 0.3) is 0 Å². The van der Waals surface area contributed by atoms with E-state index in [1.807, 2.05) is 141 Å². The van der Waals surface area contributed by atoms with Crippen LogP contribution in [0.1, 0.15) is 268 Å². The van der Waals surface area contributed by atoms with Crippen LogP contribution >= 0.6 is 0 Å². The van der Waals surface area contributed by atoms with Gasteiger partial charge in [-0.05, 0) is 126 Å². The summed E-state index contributed by atoms with van der Waals surface area (Å²) >= 11 is 0. The summed E-state index contributed by atoms with van der Waals surface area (Å²) in [5.41, 5.74) is 1.02. The van der Waals surface area contributed by atoms with Gasteiger partial charge in [0.2, 0.25) is 6.39 Å². The van der Waals surface area contributed by atoms with E-state index in [0.29, 0.717) is 36.6 Å². The molecule has 26 heteroatoms. The lowest BCUT2D eigenvalue weighted by molar-refractivity contribution is -0.150. The van der Waals surface area contributed by atoms with Crippen molar-refractivity contribution in [2.45, 2.75) is 288 Å². The monoisotopic (exact) mass is 1450 g/mol. The van der Waals surface area contributed by atoms with Crippen LogP contribution in [0.4, 0.5) is 0 Å². The van der Waals surface area contributed by atoms with Crippen molar-refractivity contribution >= 4 is 82.4 Å². The number of benzene rings is 1. The molecule has 1 unspecified atom stereocenters. The van der Waals surface area contributed by atoms with Crippen molar-refractivity contribution in [1.29, 1.82) is 0 Å². The lowest BCUT2D eigenvalue weighted by Crippen LogP contribution is -2.23. The van der Waals surface area contributed by atoms with Gasteiger partial charge in [0, 0.05) is 110 Å². The predicted molar refractivity (Wildman–Crippen MR) is 397 cm³/mol. The molecule has 1 heterocycles. The molecule has 1 aliphatic carbocycles. The third-order valence-corrected chi connectivity index (χ3v) is 12.0. The van der Waals surface area contributed by atoms with Crippen molar-refractivity contribution in [3.63, 3.8) is 0 Å². The van der Waals surface area contributed by atoms with Crippen molar-refractivity contribution in [2.24, 2.45) is 11.8 Å². The fourth-order valence-corrected chi connectivity index (χ4v) is 6.62. The average molecular weight is 1450 g/mol. The maximum atomic E-state index is 10.4. The molecule has 3 rings (SSSR count). The molecule has 0 aliphatic heterocycles. The number of aromatic nitrogens is 2. The lowest BCUT2D eigenvalue weighted by Gasteiger charge is -2.24. The van der Waals surface area contributed by atoms with Crippen LogP contribution in [0.2, 0.25) is 0 Å². The zero-order valence-electron chi connectivity index (χ0n) is 66.2. The van der Waals surface area contributed by atoms with Gasteiger partial charge >= 0.3 is 35.8 Å². The van der Waals surface area contributed by atoms with Crippen LogP contribution in [0.3, 0.4) is 0 Å². The Kier molecular flexibility index (Phi) is 94.6. The Hall–Kier alpha value is -5.60. The standard InChI is InChI=1S/C9H10O2.C7H14O2.C6H10O2.C6H12O2.C6H12O.C5H8N2O.C5H12O2S.C5H10O2.C5H10O.C4H10O2S.C4H8O2.C4H10O.C3H8OS.C2H6/c1-8(10)11-7-9-5-3-2-4-6-9;1-4-7(5-2)9-6(3)8;1-5(7)8-6-3-2-4-6;1-4-5(2)8-6(3)7;1-5(2)4-6(3)7;1-4(2)5-6-3-8-7-5;1-3-4-5-8(2,6)7;1-4(2)7-5(3)6;1-4(2)5(3)6;1-3-4-7(2,5)6;1-3-6-4(2)5;1-3-4-5-2;1-5(2,3)4;1-2/h2-6H,7H2,1H3;7H,4-5H2,1-3H3;6H,2-4H2,1H3;5H,4H2,1-3H3;5H,4H2,1-3H3;3-4H,1-2H3;3-5H2,1-2H3;4H,1-3H3;4H,1-3H3;3-4H2,1-2H3;3H2,1-2H3;3-4H2,1-2H3;1H2,2-3H3;1-2H3. The second kappa shape index (κ2) is 79.4. The van der Waals surface area contributed by atoms with Crippen molar-refractivity contribution in [3.05, 3.63) is 48.1 Å². The number of carbonyl (C=O) groups is 8. The Bertz CT molecular complexity index is 2430. The summed E-state index contributed by atoms with van der Waals surface area (Å²) in [6, 6.07) is 9.60. The first-order valence-electron chi connectivity index (χ1n) is 33.3. The summed E-state index contributed by atoms with van der Waals surface area (Å²) in [4.78, 5) is 85.2. The van der Waals surface area contributed by atoms with Crippen LogP contribution in [-0.4, -0.2) is 166 Å². The number of hydrogen-bond donors (Lipinski definition) is 0. The molecular formula is C71H140N2O21S3. The summed E-state index contributed by atoms with van der Waals surface area (Å²) in [6.07, 6.45) is 17.9. The highest BCUT2D eigenvalue weighted by molar-refractivity contribution is 7.99. The molecule has 1 aromatic carbocycles. The van der Waals surface area contributed by atoms with E-state index in [-0.39, 0.29) is 77.7 Å². The number of hydrogen-bond acceptors (Lipinski definition) is 23. The maximum Gasteiger partial charge on any atom is 0.302 e. The summed E-state index contributed by atoms with van der Waals surface area (Å²) in [5.74, 6) is 5.19. The number of carbonyl (C=O) groups excluding carboxylic acids is 8. The fourth-order valence-electron chi connectivity index (χ4n) is 5.06. The molecule has 0 spiro atoms. The van der Waals surface area contributed by atoms with E-state index in [4.69, 9.17) is 23.7 Å². The number of Topliss-reactive ketones (excluding diaryl/α,β-unsaturated/α-hetero) is 2. The molecule has 0 saturated heterocycles. The van der Waals surface area contributed by atoms with Gasteiger partial charge in [0.05, 0.1) is 18.8 Å². The quantitative estimate of drug-likeness (QED) is 0.0636. The van der Waals surface area contributed by atoms with Gasteiger partial charge in [0.15, 0.2) is 5.82 Å². The molecule has 1 saturated carbocycles. The minimum Gasteiger partial charge on any atom is -0.466 e. The molecule has 0 bridgehead atoms. The number of sulfone groups is 2. The van der Waals surface area contributed by atoms with Gasteiger partial charge in [-0.15, -0.1) is 0 Å². The van der Waals surface area contributed by atoms with Crippen LogP contribution in [0.25, 0.3) is 0 Å². The highest BCUT2D eigenvalue weighted by Gasteiger charge is 2.19. The molecule has 23 nitrogen and oxygen atoms in total. The Morgan fingerprint density at radius 2 is 1.02 bits per heavy atom. The normalized spacial score (nSPS) is 10.8. The first kappa shape index (κ1) is 116. The van der Waals surface area contributed by atoms with E-state index in [1.54, 1.807) is 40.4 Å². The number of ketones is 2. The zero-order valence-corrected chi connectivity index (χ0v) is 68.7. The largest absolute Gasteiger partial charge is 0.466 e. The highest BCUT2D eigenvalue weighted by Crippen LogP contribution is 2.21. The summed E-state index contributed by atoms with van der Waals surface area (Å²) in [5, 5.41) is 3.63. The number of nitrogens with zero attached hydrogens (tertiary/aromatic N) is 2. The molecule has 1 fully saturated rings. The maximum absolute atomic E-state index is 10.4. The molecule has 97 heavy (non-hydrogen) atoms. The van der Waals surface area contributed by atoms with Gasteiger partial charge in [0.1, 0.15) is 50.1 Å². The zero-order chi connectivity index (χ0) is 78.9. The fraction of sp³-hybridized carbons (Fsp3) is 0.761. The van der Waals surface area contributed by atoms with E-state index in [2.05, 4.69) is 36.9 Å². The third kappa shape index (κ3) is 151. The molecular weight excluding hydrogens is 1310 g/mol. The van der Waals surface area contributed by atoms with Crippen LogP contribution < -0.4 is 0 Å². The molecule has 1 aromatic heterocycles. The molecule has 0 radical (unpaired) electrons. The van der Waals surface area contributed by atoms with E-state index in [0.717, 1.165) is 82.2 Å². The summed E-state index contributed by atoms with van der Waals surface area (Å²) < 4.78 is 88.8. The van der Waals surface area contributed by atoms with E-state index in [1.165, 1.54) is 66.9 Å². The third-order valence-electron chi connectivity index (χ3n) is 9.86. The second-order valence-corrected chi connectivity index (χ2v) is 30.3. The molecule has 578 valence electrons. The Labute approximate surface area is 591 Å². The van der Waals surface area contributed by atoms with Gasteiger partial charge in [-0.2, -0.15) is 4.98 Å². The second-order valence-electron chi connectivity index (χ2n) is 22.9. The van der Waals surface area contributed by atoms with Crippen LogP contribution in [0.15, 0.2) is 41.2 Å². The smallest absolute Gasteiger partial charge is 0.302 e. The van der Waals surface area contributed by atoms with Crippen molar-refractivity contribution in [3.8, 4) is 0 Å². The lowest BCUT2D eigenvalue weighted by atomic mass is 9.96. The van der Waals surface area contributed by atoms with Crippen molar-refractivity contribution in [1.82, 2.24) is 10.1 Å². The first-order chi connectivity index (χ1) is 44.4. The van der Waals surface area contributed by atoms with Crippen LogP contribution in [0.5, 0.6) is 0 Å². The Balaban J connectivity index is -0.0000000920. The number of unbranched alkanes of at least 4 members (excludes halogenated alkanes) is 1. The molecule has 0 amide bonds. The summed E-state index contributed by atoms with van der Waals surface area (Å²) in [6.45, 7) is 48.6. The van der Waals surface area contributed by atoms with Gasteiger partial charge in [-0.1, -0.05) is 139 Å². The first-order valence-corrected chi connectivity index (χ1v) is 40.0. The number of esters is 6. The van der Waals surface area contributed by atoms with E-state index < -0.39 is 29.2 Å². The minimum absolute atomic E-state index is 0.0255. The van der Waals surface area contributed by atoms with Gasteiger partial charge in [-0.25, -0.2) is 16.8 Å². The van der Waals surface area contributed by atoms with Gasteiger partial charge < -0.3 is 42.5 Å². The Morgan fingerprint density at radius 1 is 0.588 bits per heavy atom. The predicted octanol–water partition coefficient (Wildman–Crippen LogP) is 14.8. The average Bonchev–Trinajstić information content (AvgIpc) is 1.86. The summed E-state index contributed by atoms with van der Waals surface area (Å²) in [7, 11) is -5.32. The molecule has 0 N–H and O–H groups in total. The number of methoxy groups -OCH3 is 1. The number of rotatable bonds is 21. The van der Waals surface area contributed by atoms with Gasteiger partial charge in [-0.3, -0.25) is 37.8 Å². The SMILES string of the molecule is C=S(C)(C)=O.CC.CC(=O)C(C)C.CC(=O)CC(C)C.CC(=O)OC(C)C.CC(=O)OC1CCC1.CC(=O)OCc1ccccc1.CC(C)c1ncon1.CCC(C)OC(C)=O.CCC(CC)OC(C)=O.CCCCS(C)(=O)=O.CCCOC.CCCS(C)(=O)=O.CCOC(C)=O. The highest BCUT2D eigenvalue weighted by atomic mass is 32.2. The topological polar surface area (TPSA) is 325 Å². The van der Waals surface area contributed by atoms with E-state index >= 15 is 0 Å². The molecule has 2 aromatic rings. The van der Waals surface area contributed by atoms with Crippen LogP contribution in [0, 0.1) is 11.8 Å². The minimum atomic E-state index is -2.69. The van der Waals surface area contributed by atoms with Crippen LogP contribution in [-0.2, 0) is 107 Å². The van der Waals surface area contributed by atoms with Crippen molar-refractivity contribution < 1.29 is 97.1 Å². The molecule has 1 atom stereocenters. The number of ether oxygens (including phenoxy) is 7.